The number of nitrogens with one attached hydrogen (secondary N) is 1. The molecule has 1 aromatic rings. The molecule has 0 aliphatic heterocycles. The highest BCUT2D eigenvalue weighted by atomic mass is 16.7. The molecule has 0 atom stereocenters. The van der Waals surface area contributed by atoms with Crippen LogP contribution in [0.3, 0.4) is 0 Å². The van der Waals surface area contributed by atoms with Crippen LogP contribution in [0.1, 0.15) is 0 Å². The van der Waals surface area contributed by atoms with Crippen LogP contribution in [0, 0.1) is 10.1 Å². The standard InChI is InChI=1S/CH2N6O2/c8-7(9)5-6-1-2-3-4-6/h1,5H. The Balaban J connectivity index is 2.58. The first-order valence-corrected chi connectivity index (χ1v) is 1.93. The molecular weight excluding hydrogens is 128 g/mol. The monoisotopic (exact) mass is 130 g/mol. The van der Waals surface area contributed by atoms with E-state index in [9.17, 15) is 10.1 Å². The molecule has 1 N–H and O–H groups in total. The maximum atomic E-state index is 9.64. The molecule has 0 spiro atoms. The maximum Gasteiger partial charge on any atom is 0.256 e. The van der Waals surface area contributed by atoms with Gasteiger partial charge in [-0.25, -0.2) is 0 Å². The summed E-state index contributed by atoms with van der Waals surface area (Å²) in [5.74, 6) is 0. The van der Waals surface area contributed by atoms with E-state index in [-0.39, 0.29) is 0 Å². The number of hydrazine groups is 1. The molecule has 0 saturated heterocycles. The topological polar surface area (TPSA) is 98.8 Å². The zero-order valence-corrected chi connectivity index (χ0v) is 4.13. The lowest BCUT2D eigenvalue weighted by Crippen LogP contribution is -2.21. The Hall–Kier alpha value is -1.73. The van der Waals surface area contributed by atoms with Crippen molar-refractivity contribution in [2.75, 3.05) is 5.53 Å². The van der Waals surface area contributed by atoms with Gasteiger partial charge in [0.25, 0.3) is 6.33 Å². The van der Waals surface area contributed by atoms with E-state index in [0.29, 0.717) is 0 Å². The largest absolute Gasteiger partial charge is 0.339 e. The molecular formula is CH2N6O2. The van der Waals surface area contributed by atoms with E-state index in [1.54, 1.807) is 5.53 Å². The summed E-state index contributed by atoms with van der Waals surface area (Å²) in [6.45, 7) is 0. The number of nitro groups is 1. The Labute approximate surface area is 48.6 Å². The van der Waals surface area contributed by atoms with Crippen molar-refractivity contribution in [3.8, 4) is 0 Å². The SMILES string of the molecule is O=[N+]([O-])Nn1cnnn1. The molecule has 0 aliphatic rings. The normalized spacial score (nSPS) is 8.89. The van der Waals surface area contributed by atoms with Gasteiger partial charge in [0.05, 0.1) is 10.2 Å². The van der Waals surface area contributed by atoms with Crippen LogP contribution in [-0.2, 0) is 0 Å². The molecule has 0 unspecified atom stereocenters. The third-order valence-electron chi connectivity index (χ3n) is 0.533. The first-order chi connectivity index (χ1) is 4.29. The molecule has 8 heteroatoms. The average molecular weight is 130 g/mol. The fourth-order valence-corrected chi connectivity index (χ4v) is 0.291. The zero-order valence-electron chi connectivity index (χ0n) is 4.13. The average Bonchev–Trinajstić information content (AvgIpc) is 2.15. The summed E-state index contributed by atoms with van der Waals surface area (Å²) >= 11 is 0. The predicted octanol–water partition coefficient (Wildman–Crippen LogP) is -1.59. The summed E-state index contributed by atoms with van der Waals surface area (Å²) in [5.41, 5.74) is 1.69. The van der Waals surface area contributed by atoms with E-state index in [2.05, 4.69) is 15.5 Å². The Morgan fingerprint density at radius 1 is 1.78 bits per heavy atom. The molecule has 0 aromatic carbocycles. The smallest absolute Gasteiger partial charge is 0.256 e. The molecule has 1 rings (SSSR count). The van der Waals surface area contributed by atoms with E-state index in [4.69, 9.17) is 0 Å². The van der Waals surface area contributed by atoms with Crippen molar-refractivity contribution in [3.05, 3.63) is 16.4 Å². The Morgan fingerprint density at radius 3 is 3.00 bits per heavy atom. The highest BCUT2D eigenvalue weighted by molar-refractivity contribution is 4.46. The lowest BCUT2D eigenvalue weighted by atomic mass is 11.4. The second-order valence-electron chi connectivity index (χ2n) is 1.11. The predicted molar refractivity (Wildman–Crippen MR) is 24.2 cm³/mol. The van der Waals surface area contributed by atoms with Crippen molar-refractivity contribution in [3.63, 3.8) is 0 Å². The van der Waals surface area contributed by atoms with Crippen molar-refractivity contribution in [2.24, 2.45) is 0 Å². The minimum Gasteiger partial charge on any atom is -0.339 e. The summed E-state index contributed by atoms with van der Waals surface area (Å²) in [6.07, 6.45) is 1.07. The quantitative estimate of drug-likeness (QED) is 0.382. The molecule has 0 bridgehead atoms. The van der Waals surface area contributed by atoms with Gasteiger partial charge in [0.15, 0.2) is 0 Å². The van der Waals surface area contributed by atoms with Gasteiger partial charge in [-0.15, -0.1) is 0 Å². The third kappa shape index (κ3) is 1.33. The van der Waals surface area contributed by atoms with Gasteiger partial charge in [0, 0.05) is 10.0 Å². The second-order valence-corrected chi connectivity index (χ2v) is 1.11. The van der Waals surface area contributed by atoms with Crippen LogP contribution in [0.4, 0.5) is 0 Å². The van der Waals surface area contributed by atoms with Crippen LogP contribution in [0.5, 0.6) is 0 Å². The van der Waals surface area contributed by atoms with Crippen molar-refractivity contribution in [2.45, 2.75) is 0 Å². The number of nitrogens with zero attached hydrogens (tertiary/aromatic N) is 5. The van der Waals surface area contributed by atoms with Crippen LogP contribution in [0.2, 0.25) is 0 Å². The summed E-state index contributed by atoms with van der Waals surface area (Å²) < 4.78 is 0. The number of hydrogen-bond acceptors (Lipinski definition) is 5. The summed E-state index contributed by atoms with van der Waals surface area (Å²) in [6, 6.07) is 0. The van der Waals surface area contributed by atoms with Gasteiger partial charge < -0.3 is 10.1 Å². The van der Waals surface area contributed by atoms with E-state index >= 15 is 0 Å². The van der Waals surface area contributed by atoms with Gasteiger partial charge in [-0.3, -0.25) is 0 Å². The third-order valence-corrected chi connectivity index (χ3v) is 0.533. The van der Waals surface area contributed by atoms with E-state index in [1.165, 1.54) is 0 Å². The number of tetrazole rings is 1. The van der Waals surface area contributed by atoms with Crippen LogP contribution < -0.4 is 5.53 Å². The second kappa shape index (κ2) is 2.03. The van der Waals surface area contributed by atoms with E-state index < -0.39 is 5.03 Å². The Morgan fingerprint density at radius 2 is 2.56 bits per heavy atom. The molecule has 0 saturated carbocycles. The fraction of sp³-hybridized carbons (Fsp3) is 0. The molecule has 0 aliphatic carbocycles. The van der Waals surface area contributed by atoms with Gasteiger partial charge in [0.1, 0.15) is 0 Å². The summed E-state index contributed by atoms with van der Waals surface area (Å²) in [7, 11) is 0. The molecule has 48 valence electrons. The fourth-order valence-electron chi connectivity index (χ4n) is 0.291. The van der Waals surface area contributed by atoms with Gasteiger partial charge in [-0.05, 0) is 5.53 Å². The van der Waals surface area contributed by atoms with Crippen LogP contribution >= 0.6 is 0 Å². The number of aromatic nitrogens is 4. The number of rotatable bonds is 2. The number of hydrogen-bond donors (Lipinski definition) is 1. The minimum atomic E-state index is -0.768. The maximum absolute atomic E-state index is 9.64. The van der Waals surface area contributed by atoms with Crippen LogP contribution in [0.25, 0.3) is 0 Å². The van der Waals surface area contributed by atoms with Crippen molar-refractivity contribution in [1.29, 1.82) is 0 Å². The van der Waals surface area contributed by atoms with Crippen molar-refractivity contribution >= 4 is 0 Å². The van der Waals surface area contributed by atoms with Crippen molar-refractivity contribution < 1.29 is 5.03 Å². The Kier molecular flexibility index (Phi) is 1.22. The van der Waals surface area contributed by atoms with Crippen LogP contribution in [-0.4, -0.2) is 25.3 Å². The molecule has 0 radical (unpaired) electrons. The first kappa shape index (κ1) is 5.41. The lowest BCUT2D eigenvalue weighted by molar-refractivity contribution is -0.463. The van der Waals surface area contributed by atoms with Crippen molar-refractivity contribution in [1.82, 2.24) is 20.3 Å². The summed E-state index contributed by atoms with van der Waals surface area (Å²) in [4.78, 5) is 10.4. The molecule has 8 nitrogen and oxygen atoms in total. The molecule has 9 heavy (non-hydrogen) atoms. The zero-order chi connectivity index (χ0) is 6.69. The first-order valence-electron chi connectivity index (χ1n) is 1.93. The molecule has 0 fully saturated rings. The van der Waals surface area contributed by atoms with Gasteiger partial charge in [0.2, 0.25) is 0 Å². The van der Waals surface area contributed by atoms with Gasteiger partial charge >= 0.3 is 0 Å². The molecule has 1 heterocycles. The van der Waals surface area contributed by atoms with E-state index in [0.717, 1.165) is 11.1 Å². The lowest BCUT2D eigenvalue weighted by Gasteiger charge is -1.90. The highest BCUT2D eigenvalue weighted by Gasteiger charge is 1.96. The van der Waals surface area contributed by atoms with Gasteiger partial charge in [-0.1, -0.05) is 5.10 Å². The van der Waals surface area contributed by atoms with E-state index in [1.807, 2.05) is 0 Å². The summed E-state index contributed by atoms with van der Waals surface area (Å²) in [5, 5.41) is 18.3. The van der Waals surface area contributed by atoms with Crippen LogP contribution in [0.15, 0.2) is 6.33 Å². The highest BCUT2D eigenvalue weighted by Crippen LogP contribution is 1.66. The minimum absolute atomic E-state index is 0.768. The van der Waals surface area contributed by atoms with Gasteiger partial charge in [-0.2, -0.15) is 0 Å². The Bertz CT molecular complexity index is 191. The molecule has 0 amide bonds. The molecule has 1 aromatic heterocycles.